The smallest absolute Gasteiger partial charge is 0.235 e. The maximum Gasteiger partial charge on any atom is 0.235 e. The average molecular weight is 498 g/mol. The van der Waals surface area contributed by atoms with Gasteiger partial charge in [0.1, 0.15) is 11.6 Å². The number of halogens is 1. The number of hydrogen-bond acceptors (Lipinski definition) is 6. The first-order valence-corrected chi connectivity index (χ1v) is 13.5. The lowest BCUT2D eigenvalue weighted by molar-refractivity contribution is -0.113. The van der Waals surface area contributed by atoms with Gasteiger partial charge in [0.2, 0.25) is 5.91 Å². The van der Waals surface area contributed by atoms with Crippen molar-refractivity contribution in [3.05, 3.63) is 48.2 Å². The highest BCUT2D eigenvalue weighted by Crippen LogP contribution is 2.32. The second-order valence-corrected chi connectivity index (χ2v) is 10.3. The number of rotatable bonds is 8. The number of carbonyl (C=O) groups excluding carboxylic acids is 1. The van der Waals surface area contributed by atoms with Crippen molar-refractivity contribution in [3.63, 3.8) is 0 Å². The lowest BCUT2D eigenvalue weighted by Gasteiger charge is -2.31. The lowest BCUT2D eigenvalue weighted by Crippen LogP contribution is -2.33. The van der Waals surface area contributed by atoms with Crippen molar-refractivity contribution in [3.8, 4) is 5.69 Å². The SMILES string of the molecule is CC(c1nnc(SCC(=O)Nc2ccnn2C2CCCC2)n1-c1ccc(F)cc1)N1CCCCC1. The van der Waals surface area contributed by atoms with Crippen LogP contribution in [0, 0.1) is 5.82 Å². The number of likely N-dealkylation sites (tertiary alicyclic amines) is 1. The molecule has 1 atom stereocenters. The second-order valence-electron chi connectivity index (χ2n) is 9.36. The maximum absolute atomic E-state index is 13.6. The Morgan fingerprint density at radius 2 is 1.83 bits per heavy atom. The molecular formula is C25H32FN7OS. The molecule has 0 bridgehead atoms. The van der Waals surface area contributed by atoms with E-state index in [0.29, 0.717) is 11.2 Å². The van der Waals surface area contributed by atoms with Gasteiger partial charge in [-0.05, 0) is 70.0 Å². The minimum atomic E-state index is -0.292. The molecule has 1 aliphatic carbocycles. The standard InChI is InChI=1S/C25H32FN7OS/c1-18(31-15-5-2-6-16-31)24-29-30-25(32(24)20-11-9-19(26)10-12-20)35-17-23(34)28-22-13-14-27-33(22)21-7-3-4-8-21/h9-14,18,21H,2-8,15-17H2,1H3,(H,28,34). The number of anilines is 1. The van der Waals surface area contributed by atoms with Gasteiger partial charge in [0.05, 0.1) is 24.0 Å². The van der Waals surface area contributed by atoms with E-state index in [-0.39, 0.29) is 23.5 Å². The van der Waals surface area contributed by atoms with Crippen molar-refractivity contribution in [2.24, 2.45) is 0 Å². The quantitative estimate of drug-likeness (QED) is 0.442. The van der Waals surface area contributed by atoms with Crippen molar-refractivity contribution in [2.45, 2.75) is 69.1 Å². The molecule has 8 nitrogen and oxygen atoms in total. The van der Waals surface area contributed by atoms with Gasteiger partial charge in [-0.15, -0.1) is 10.2 Å². The predicted octanol–water partition coefficient (Wildman–Crippen LogP) is 5.00. The molecule has 35 heavy (non-hydrogen) atoms. The molecule has 2 aromatic heterocycles. The molecule has 3 aromatic rings. The van der Waals surface area contributed by atoms with E-state index in [0.717, 1.165) is 43.3 Å². The molecule has 186 valence electrons. The van der Waals surface area contributed by atoms with Gasteiger partial charge in [0.15, 0.2) is 11.0 Å². The van der Waals surface area contributed by atoms with Gasteiger partial charge in [0.25, 0.3) is 0 Å². The Bertz CT molecular complexity index is 1130. The summed E-state index contributed by atoms with van der Waals surface area (Å²) in [7, 11) is 0. The summed E-state index contributed by atoms with van der Waals surface area (Å²) in [5, 5.41) is 17.0. The molecule has 1 aliphatic heterocycles. The Balaban J connectivity index is 1.33. The first-order chi connectivity index (χ1) is 17.1. The molecule has 1 N–H and O–H groups in total. The summed E-state index contributed by atoms with van der Waals surface area (Å²) in [4.78, 5) is 15.3. The number of nitrogens with one attached hydrogen (secondary N) is 1. The summed E-state index contributed by atoms with van der Waals surface area (Å²) >= 11 is 1.33. The maximum atomic E-state index is 13.6. The van der Waals surface area contributed by atoms with Crippen LogP contribution in [0.15, 0.2) is 41.7 Å². The fraction of sp³-hybridized carbons (Fsp3) is 0.520. The van der Waals surface area contributed by atoms with Crippen molar-refractivity contribution in [1.82, 2.24) is 29.4 Å². The molecule has 1 saturated heterocycles. The van der Waals surface area contributed by atoms with Crippen LogP contribution in [0.4, 0.5) is 10.2 Å². The van der Waals surface area contributed by atoms with Crippen LogP contribution >= 0.6 is 11.8 Å². The van der Waals surface area contributed by atoms with Gasteiger partial charge < -0.3 is 5.32 Å². The number of nitrogens with zero attached hydrogens (tertiary/aromatic N) is 6. The molecule has 10 heteroatoms. The van der Waals surface area contributed by atoms with Crippen LogP contribution < -0.4 is 5.32 Å². The lowest BCUT2D eigenvalue weighted by atomic mass is 10.1. The third-order valence-electron chi connectivity index (χ3n) is 7.00. The number of carbonyl (C=O) groups is 1. The Morgan fingerprint density at radius 1 is 1.09 bits per heavy atom. The zero-order chi connectivity index (χ0) is 24.2. The summed E-state index contributed by atoms with van der Waals surface area (Å²) in [5.41, 5.74) is 0.789. The van der Waals surface area contributed by atoms with Gasteiger partial charge in [-0.3, -0.25) is 14.3 Å². The van der Waals surface area contributed by atoms with Crippen LogP contribution in [0.5, 0.6) is 0 Å². The van der Waals surface area contributed by atoms with Crippen LogP contribution in [0.1, 0.15) is 69.8 Å². The van der Waals surface area contributed by atoms with Crippen molar-refractivity contribution in [2.75, 3.05) is 24.2 Å². The van der Waals surface area contributed by atoms with Crippen molar-refractivity contribution >= 4 is 23.5 Å². The topological polar surface area (TPSA) is 80.9 Å². The largest absolute Gasteiger partial charge is 0.310 e. The van der Waals surface area contributed by atoms with Crippen LogP contribution in [-0.2, 0) is 4.79 Å². The number of hydrogen-bond donors (Lipinski definition) is 1. The first-order valence-electron chi connectivity index (χ1n) is 12.5. The number of aromatic nitrogens is 5. The minimum Gasteiger partial charge on any atom is -0.310 e. The third-order valence-corrected chi connectivity index (χ3v) is 7.92. The fourth-order valence-electron chi connectivity index (χ4n) is 5.11. The molecule has 2 fully saturated rings. The molecule has 1 amide bonds. The molecule has 2 aliphatic rings. The number of thioether (sulfide) groups is 1. The third kappa shape index (κ3) is 5.43. The molecule has 3 heterocycles. The second kappa shape index (κ2) is 10.9. The Labute approximate surface area is 209 Å². The summed E-state index contributed by atoms with van der Waals surface area (Å²) in [6.07, 6.45) is 9.93. The monoisotopic (exact) mass is 497 g/mol. The van der Waals surface area contributed by atoms with Gasteiger partial charge in [-0.1, -0.05) is 31.0 Å². The Morgan fingerprint density at radius 3 is 2.57 bits per heavy atom. The van der Waals surface area contributed by atoms with Gasteiger partial charge >= 0.3 is 0 Å². The van der Waals surface area contributed by atoms with E-state index in [9.17, 15) is 9.18 Å². The summed E-state index contributed by atoms with van der Waals surface area (Å²) in [5.74, 6) is 1.32. The number of amides is 1. The van der Waals surface area contributed by atoms with Gasteiger partial charge in [-0.25, -0.2) is 9.07 Å². The summed E-state index contributed by atoms with van der Waals surface area (Å²) in [6, 6.07) is 8.61. The zero-order valence-electron chi connectivity index (χ0n) is 20.1. The minimum absolute atomic E-state index is 0.0665. The summed E-state index contributed by atoms with van der Waals surface area (Å²) < 4.78 is 17.5. The first kappa shape index (κ1) is 24.0. The molecule has 1 aromatic carbocycles. The van der Waals surface area contributed by atoms with Crippen LogP contribution in [-0.4, -0.2) is 54.2 Å². The average Bonchev–Trinajstić information content (AvgIpc) is 3.64. The van der Waals surface area contributed by atoms with E-state index in [1.54, 1.807) is 18.3 Å². The van der Waals surface area contributed by atoms with E-state index in [1.807, 2.05) is 15.3 Å². The van der Waals surface area contributed by atoms with Crippen LogP contribution in [0.25, 0.3) is 5.69 Å². The van der Waals surface area contributed by atoms with E-state index in [4.69, 9.17) is 0 Å². The van der Waals surface area contributed by atoms with E-state index in [2.05, 4.69) is 32.4 Å². The highest BCUT2D eigenvalue weighted by atomic mass is 32.2. The molecule has 1 unspecified atom stereocenters. The van der Waals surface area contributed by atoms with E-state index >= 15 is 0 Å². The van der Waals surface area contributed by atoms with Gasteiger partial charge in [0, 0.05) is 11.8 Å². The normalized spacial score (nSPS) is 18.1. The van der Waals surface area contributed by atoms with Crippen molar-refractivity contribution in [1.29, 1.82) is 0 Å². The molecular weight excluding hydrogens is 465 g/mol. The van der Waals surface area contributed by atoms with E-state index < -0.39 is 0 Å². The van der Waals surface area contributed by atoms with Crippen LogP contribution in [0.2, 0.25) is 0 Å². The molecule has 5 rings (SSSR count). The van der Waals surface area contributed by atoms with Gasteiger partial charge in [-0.2, -0.15) is 5.10 Å². The zero-order valence-corrected chi connectivity index (χ0v) is 20.9. The number of benzene rings is 1. The molecule has 0 radical (unpaired) electrons. The van der Waals surface area contributed by atoms with Crippen molar-refractivity contribution < 1.29 is 9.18 Å². The highest BCUT2D eigenvalue weighted by Gasteiger charge is 2.26. The number of piperidine rings is 1. The predicted molar refractivity (Wildman–Crippen MR) is 134 cm³/mol. The Hall–Kier alpha value is -2.72. The molecule has 0 spiro atoms. The highest BCUT2D eigenvalue weighted by molar-refractivity contribution is 7.99. The van der Waals surface area contributed by atoms with Crippen LogP contribution in [0.3, 0.4) is 0 Å². The molecule has 1 saturated carbocycles. The summed E-state index contributed by atoms with van der Waals surface area (Å²) in [6.45, 7) is 4.19. The van der Waals surface area contributed by atoms with E-state index in [1.165, 1.54) is 56.0 Å². The fourth-order valence-corrected chi connectivity index (χ4v) is 5.87. The Kier molecular flexibility index (Phi) is 7.48.